The molecule has 0 spiro atoms. The van der Waals surface area contributed by atoms with Crippen LogP contribution >= 0.6 is 0 Å². The van der Waals surface area contributed by atoms with Crippen LogP contribution in [0.2, 0.25) is 0 Å². The summed E-state index contributed by atoms with van der Waals surface area (Å²) in [5, 5.41) is 4.14. The number of hydrogen-bond donors (Lipinski definition) is 1. The summed E-state index contributed by atoms with van der Waals surface area (Å²) < 4.78 is 10.7. The number of nitrogens with zero attached hydrogens (tertiary/aromatic N) is 4. The molecule has 0 amide bonds. The van der Waals surface area contributed by atoms with Crippen LogP contribution in [0, 0.1) is 13.8 Å². The molecule has 0 saturated carbocycles. The number of hydrazone groups is 1. The van der Waals surface area contributed by atoms with Crippen molar-refractivity contribution in [1.82, 2.24) is 15.0 Å². The van der Waals surface area contributed by atoms with E-state index in [9.17, 15) is 4.79 Å². The molecule has 3 aromatic rings. The van der Waals surface area contributed by atoms with Gasteiger partial charge in [-0.1, -0.05) is 0 Å². The Morgan fingerprint density at radius 3 is 2.57 bits per heavy atom. The number of pyridine rings is 1. The minimum absolute atomic E-state index is 0.305. The van der Waals surface area contributed by atoms with Crippen LogP contribution in [0.25, 0.3) is 0 Å². The van der Waals surface area contributed by atoms with Gasteiger partial charge >= 0.3 is 5.97 Å². The molecule has 0 fully saturated rings. The zero-order valence-electron chi connectivity index (χ0n) is 15.7. The summed E-state index contributed by atoms with van der Waals surface area (Å²) in [4.78, 5) is 24.6. The third-order valence-corrected chi connectivity index (χ3v) is 3.65. The minimum Gasteiger partial charge on any atom is -0.493 e. The Hall–Kier alpha value is -3.81. The molecule has 2 aromatic heterocycles. The second kappa shape index (κ2) is 8.72. The number of ether oxygens (including phenoxy) is 2. The van der Waals surface area contributed by atoms with Gasteiger partial charge in [-0.2, -0.15) is 5.10 Å². The molecule has 8 nitrogen and oxygen atoms in total. The van der Waals surface area contributed by atoms with Crippen molar-refractivity contribution < 1.29 is 14.3 Å². The van der Waals surface area contributed by atoms with Crippen LogP contribution in [0.4, 0.5) is 5.95 Å². The molecule has 142 valence electrons. The minimum atomic E-state index is -0.513. The summed E-state index contributed by atoms with van der Waals surface area (Å²) in [6.07, 6.45) is 4.62. The van der Waals surface area contributed by atoms with Crippen molar-refractivity contribution in [3.8, 4) is 11.5 Å². The predicted octanol–water partition coefficient (Wildman–Crippen LogP) is 3.16. The van der Waals surface area contributed by atoms with E-state index in [1.54, 1.807) is 42.7 Å². The van der Waals surface area contributed by atoms with Crippen molar-refractivity contribution in [2.45, 2.75) is 13.8 Å². The van der Waals surface area contributed by atoms with Gasteiger partial charge in [0.2, 0.25) is 5.95 Å². The Morgan fingerprint density at radius 2 is 1.89 bits per heavy atom. The second-order valence-electron chi connectivity index (χ2n) is 5.89. The van der Waals surface area contributed by atoms with Gasteiger partial charge in [0.05, 0.1) is 18.9 Å². The fraction of sp³-hybridized carbons (Fsp3) is 0.150. The summed E-state index contributed by atoms with van der Waals surface area (Å²) >= 11 is 0. The number of methoxy groups -OCH3 is 1. The number of esters is 1. The molecule has 0 atom stereocenters. The van der Waals surface area contributed by atoms with Crippen LogP contribution in [-0.2, 0) is 0 Å². The molecule has 0 aliphatic heterocycles. The highest BCUT2D eigenvalue weighted by Crippen LogP contribution is 2.28. The van der Waals surface area contributed by atoms with E-state index in [1.165, 1.54) is 13.3 Å². The van der Waals surface area contributed by atoms with Crippen LogP contribution in [0.15, 0.2) is 53.9 Å². The highest BCUT2D eigenvalue weighted by molar-refractivity contribution is 5.91. The number of anilines is 1. The smallest absolute Gasteiger partial charge is 0.345 e. The summed E-state index contributed by atoms with van der Waals surface area (Å²) in [6, 6.07) is 10.3. The Kier molecular flexibility index (Phi) is 5.91. The average molecular weight is 377 g/mol. The first-order chi connectivity index (χ1) is 13.5. The van der Waals surface area contributed by atoms with E-state index >= 15 is 0 Å². The molecule has 8 heteroatoms. The van der Waals surface area contributed by atoms with Gasteiger partial charge in [0.15, 0.2) is 11.5 Å². The zero-order chi connectivity index (χ0) is 19.9. The molecule has 1 aromatic carbocycles. The van der Waals surface area contributed by atoms with Crippen molar-refractivity contribution in [3.05, 3.63) is 71.3 Å². The summed E-state index contributed by atoms with van der Waals surface area (Å²) in [5.41, 5.74) is 5.60. The van der Waals surface area contributed by atoms with E-state index in [-0.39, 0.29) is 0 Å². The lowest BCUT2D eigenvalue weighted by atomic mass is 10.2. The quantitative estimate of drug-likeness (QED) is 0.305. The molecule has 0 aliphatic carbocycles. The topological polar surface area (TPSA) is 98.6 Å². The second-order valence-corrected chi connectivity index (χ2v) is 5.89. The van der Waals surface area contributed by atoms with E-state index in [0.717, 1.165) is 17.0 Å². The Bertz CT molecular complexity index is 986. The first kappa shape index (κ1) is 19.0. The summed E-state index contributed by atoms with van der Waals surface area (Å²) in [7, 11) is 1.50. The molecular formula is C20H19N5O3. The Morgan fingerprint density at radius 1 is 1.11 bits per heavy atom. The van der Waals surface area contributed by atoms with Crippen molar-refractivity contribution in [1.29, 1.82) is 0 Å². The lowest BCUT2D eigenvalue weighted by Gasteiger charge is -2.09. The van der Waals surface area contributed by atoms with Gasteiger partial charge < -0.3 is 9.47 Å². The number of carbonyl (C=O) groups is 1. The predicted molar refractivity (Wildman–Crippen MR) is 105 cm³/mol. The van der Waals surface area contributed by atoms with Crippen molar-refractivity contribution in [2.75, 3.05) is 12.5 Å². The van der Waals surface area contributed by atoms with E-state index in [4.69, 9.17) is 9.47 Å². The third kappa shape index (κ3) is 4.88. The molecule has 2 heterocycles. The van der Waals surface area contributed by atoms with Crippen molar-refractivity contribution in [2.24, 2.45) is 5.10 Å². The van der Waals surface area contributed by atoms with Gasteiger partial charge in [-0.15, -0.1) is 0 Å². The van der Waals surface area contributed by atoms with Gasteiger partial charge in [0.25, 0.3) is 0 Å². The normalized spacial score (nSPS) is 10.7. The molecule has 3 rings (SSSR count). The van der Waals surface area contributed by atoms with Crippen LogP contribution in [0.1, 0.15) is 27.3 Å². The standard InChI is InChI=1S/C20H19N5O3/c1-13-9-14(2)24-20(23-13)25-22-11-15-6-7-17(18(10-15)27-3)28-19(26)16-5-4-8-21-12-16/h4-12H,1-3H3,(H,23,24,25)/b22-11-. The Labute approximate surface area is 162 Å². The SMILES string of the molecule is COc1cc(/C=N\Nc2nc(C)cc(C)n2)ccc1OC(=O)c1cccnc1. The molecule has 0 unspecified atom stereocenters. The van der Waals surface area contributed by atoms with Gasteiger partial charge in [0, 0.05) is 23.8 Å². The maximum Gasteiger partial charge on any atom is 0.345 e. The molecule has 1 N–H and O–H groups in total. The maximum atomic E-state index is 12.2. The van der Waals surface area contributed by atoms with E-state index < -0.39 is 5.97 Å². The number of aromatic nitrogens is 3. The maximum absolute atomic E-state index is 12.2. The lowest BCUT2D eigenvalue weighted by Crippen LogP contribution is -2.09. The number of hydrogen-bond acceptors (Lipinski definition) is 8. The van der Waals surface area contributed by atoms with Gasteiger partial charge in [-0.25, -0.2) is 20.2 Å². The molecule has 0 saturated heterocycles. The average Bonchev–Trinajstić information content (AvgIpc) is 2.69. The van der Waals surface area contributed by atoms with E-state index in [2.05, 4.69) is 25.5 Å². The van der Waals surface area contributed by atoms with Crippen molar-refractivity contribution in [3.63, 3.8) is 0 Å². The van der Waals surface area contributed by atoms with Crippen LogP contribution in [0.5, 0.6) is 11.5 Å². The highest BCUT2D eigenvalue weighted by Gasteiger charge is 2.12. The molecule has 28 heavy (non-hydrogen) atoms. The van der Waals surface area contributed by atoms with Crippen molar-refractivity contribution >= 4 is 18.1 Å². The van der Waals surface area contributed by atoms with Crippen LogP contribution in [-0.4, -0.2) is 34.2 Å². The highest BCUT2D eigenvalue weighted by atomic mass is 16.6. The van der Waals surface area contributed by atoms with E-state index in [1.807, 2.05) is 19.9 Å². The van der Waals surface area contributed by atoms with Gasteiger partial charge in [-0.05, 0) is 55.8 Å². The first-order valence-electron chi connectivity index (χ1n) is 8.47. The molecule has 0 bridgehead atoms. The molecule has 0 aliphatic rings. The number of benzene rings is 1. The van der Waals surface area contributed by atoms with Crippen LogP contribution < -0.4 is 14.9 Å². The van der Waals surface area contributed by atoms with Gasteiger partial charge in [0.1, 0.15) is 0 Å². The fourth-order valence-electron chi connectivity index (χ4n) is 2.43. The summed E-state index contributed by atoms with van der Waals surface area (Å²) in [6.45, 7) is 3.78. The lowest BCUT2D eigenvalue weighted by molar-refractivity contribution is 0.0729. The largest absolute Gasteiger partial charge is 0.493 e. The fourth-order valence-corrected chi connectivity index (χ4v) is 2.43. The van der Waals surface area contributed by atoms with Gasteiger partial charge in [-0.3, -0.25) is 4.98 Å². The first-order valence-corrected chi connectivity index (χ1v) is 8.47. The monoisotopic (exact) mass is 377 g/mol. The molecule has 0 radical (unpaired) electrons. The Balaban J connectivity index is 1.71. The number of aryl methyl sites for hydroxylation is 2. The zero-order valence-corrected chi connectivity index (χ0v) is 15.7. The number of nitrogens with one attached hydrogen (secondary N) is 1. The number of rotatable bonds is 6. The summed E-state index contributed by atoms with van der Waals surface area (Å²) in [5.74, 6) is 0.618. The molecular weight excluding hydrogens is 358 g/mol. The number of carbonyl (C=O) groups excluding carboxylic acids is 1. The third-order valence-electron chi connectivity index (χ3n) is 3.65. The van der Waals surface area contributed by atoms with Crippen LogP contribution in [0.3, 0.4) is 0 Å². The van der Waals surface area contributed by atoms with E-state index in [0.29, 0.717) is 23.0 Å².